The van der Waals surface area contributed by atoms with Crippen LogP contribution in [0.3, 0.4) is 0 Å². The molecule has 1 fully saturated rings. The van der Waals surface area contributed by atoms with Gasteiger partial charge in [0, 0.05) is 19.6 Å². The molecular formula is C16H19N5O2. The number of morpholine rings is 1. The van der Waals surface area contributed by atoms with Crippen molar-refractivity contribution in [3.63, 3.8) is 0 Å². The smallest absolute Gasteiger partial charge is 0.137 e. The zero-order valence-electron chi connectivity index (χ0n) is 12.8. The Morgan fingerprint density at radius 1 is 1.35 bits per heavy atom. The molecule has 1 atom stereocenters. The number of aromatic nitrogens is 3. The predicted molar refractivity (Wildman–Crippen MR) is 82.9 cm³/mol. The van der Waals surface area contributed by atoms with Gasteiger partial charge in [0.1, 0.15) is 25.0 Å². The first-order valence-corrected chi connectivity index (χ1v) is 7.63. The van der Waals surface area contributed by atoms with Gasteiger partial charge in [0.2, 0.25) is 0 Å². The highest BCUT2D eigenvalue weighted by Crippen LogP contribution is 2.12. The Bertz CT molecular complexity index is 635. The fourth-order valence-corrected chi connectivity index (χ4v) is 2.55. The van der Waals surface area contributed by atoms with Crippen molar-refractivity contribution in [1.29, 1.82) is 5.26 Å². The van der Waals surface area contributed by atoms with Gasteiger partial charge in [-0.15, -0.1) is 0 Å². The summed E-state index contributed by atoms with van der Waals surface area (Å²) in [4.78, 5) is 6.27. The monoisotopic (exact) mass is 313 g/mol. The van der Waals surface area contributed by atoms with E-state index < -0.39 is 0 Å². The maximum Gasteiger partial charge on any atom is 0.137 e. The van der Waals surface area contributed by atoms with Gasteiger partial charge in [-0.25, -0.2) is 4.98 Å². The highest BCUT2D eigenvalue weighted by molar-refractivity contribution is 5.34. The molecule has 0 saturated carbocycles. The molecule has 1 saturated heterocycles. The van der Waals surface area contributed by atoms with E-state index in [0.29, 0.717) is 18.7 Å². The van der Waals surface area contributed by atoms with E-state index in [9.17, 15) is 0 Å². The maximum absolute atomic E-state index is 8.77. The summed E-state index contributed by atoms with van der Waals surface area (Å²) in [5.74, 6) is 0.788. The van der Waals surface area contributed by atoms with Crippen molar-refractivity contribution in [2.24, 2.45) is 0 Å². The molecule has 7 heteroatoms. The van der Waals surface area contributed by atoms with Crippen LogP contribution in [0.5, 0.6) is 5.75 Å². The van der Waals surface area contributed by atoms with Crippen LogP contribution < -0.4 is 4.74 Å². The van der Waals surface area contributed by atoms with Crippen LogP contribution in [0.2, 0.25) is 0 Å². The van der Waals surface area contributed by atoms with Crippen LogP contribution in [0.15, 0.2) is 36.9 Å². The van der Waals surface area contributed by atoms with Gasteiger partial charge in [-0.2, -0.15) is 10.4 Å². The van der Waals surface area contributed by atoms with E-state index in [2.05, 4.69) is 21.1 Å². The lowest BCUT2D eigenvalue weighted by molar-refractivity contribution is -0.0401. The highest BCUT2D eigenvalue weighted by atomic mass is 16.5. The molecule has 23 heavy (non-hydrogen) atoms. The summed E-state index contributed by atoms with van der Waals surface area (Å²) < 4.78 is 13.3. The summed E-state index contributed by atoms with van der Waals surface area (Å²) in [5.41, 5.74) is 0.640. The topological polar surface area (TPSA) is 76.2 Å². The van der Waals surface area contributed by atoms with Gasteiger partial charge in [0.05, 0.1) is 30.9 Å². The molecule has 1 aromatic carbocycles. The van der Waals surface area contributed by atoms with Gasteiger partial charge >= 0.3 is 0 Å². The molecule has 0 radical (unpaired) electrons. The van der Waals surface area contributed by atoms with Gasteiger partial charge in [-0.3, -0.25) is 9.58 Å². The van der Waals surface area contributed by atoms with Crippen molar-refractivity contribution >= 4 is 0 Å². The summed E-state index contributed by atoms with van der Waals surface area (Å²) in [7, 11) is 0. The van der Waals surface area contributed by atoms with Crippen LogP contribution in [0, 0.1) is 11.3 Å². The normalized spacial score (nSPS) is 18.5. The Kier molecular flexibility index (Phi) is 5.19. The van der Waals surface area contributed by atoms with E-state index in [1.165, 1.54) is 6.33 Å². The van der Waals surface area contributed by atoms with E-state index in [1.54, 1.807) is 23.1 Å². The Balaban J connectivity index is 1.41. The minimum Gasteiger partial charge on any atom is -0.492 e. The predicted octanol–water partition coefficient (Wildman–Crippen LogP) is 0.930. The Morgan fingerprint density at radius 3 is 2.96 bits per heavy atom. The Labute approximate surface area is 135 Å². The summed E-state index contributed by atoms with van der Waals surface area (Å²) in [5, 5.41) is 12.9. The minimum absolute atomic E-state index is 0.125. The lowest BCUT2D eigenvalue weighted by atomic mass is 10.2. The van der Waals surface area contributed by atoms with Gasteiger partial charge in [-0.1, -0.05) is 0 Å². The summed E-state index contributed by atoms with van der Waals surface area (Å²) in [6.07, 6.45) is 3.36. The van der Waals surface area contributed by atoms with E-state index in [1.807, 2.05) is 12.1 Å². The Hall–Kier alpha value is -2.43. The molecule has 0 bridgehead atoms. The number of nitrogens with zero attached hydrogens (tertiary/aromatic N) is 5. The van der Waals surface area contributed by atoms with E-state index in [4.69, 9.17) is 14.7 Å². The minimum atomic E-state index is 0.125. The van der Waals surface area contributed by atoms with Gasteiger partial charge in [0.25, 0.3) is 0 Å². The van der Waals surface area contributed by atoms with Crippen molar-refractivity contribution in [3.05, 3.63) is 42.5 Å². The van der Waals surface area contributed by atoms with E-state index in [0.717, 1.165) is 32.0 Å². The zero-order valence-corrected chi connectivity index (χ0v) is 12.8. The first-order valence-electron chi connectivity index (χ1n) is 7.63. The number of rotatable bonds is 6. The van der Waals surface area contributed by atoms with Crippen LogP contribution in [-0.4, -0.2) is 58.6 Å². The molecule has 0 N–H and O–H groups in total. The average molecular weight is 313 g/mol. The quantitative estimate of drug-likeness (QED) is 0.789. The number of hydrogen-bond acceptors (Lipinski definition) is 6. The molecule has 1 aliphatic heterocycles. The SMILES string of the molecule is N#Cc1ccc(OCCN2CCOC(Cn3cncn3)C2)cc1. The van der Waals surface area contributed by atoms with E-state index in [-0.39, 0.29) is 6.10 Å². The van der Waals surface area contributed by atoms with Crippen molar-refractivity contribution in [3.8, 4) is 11.8 Å². The molecule has 120 valence electrons. The number of benzene rings is 1. The lowest BCUT2D eigenvalue weighted by Gasteiger charge is -2.32. The Morgan fingerprint density at radius 2 is 2.22 bits per heavy atom. The van der Waals surface area contributed by atoms with Crippen molar-refractivity contribution in [1.82, 2.24) is 19.7 Å². The first kappa shape index (κ1) is 15.5. The molecule has 0 aliphatic carbocycles. The van der Waals surface area contributed by atoms with Crippen LogP contribution in [0.4, 0.5) is 0 Å². The number of nitriles is 1. The average Bonchev–Trinajstić information content (AvgIpc) is 3.09. The molecule has 0 spiro atoms. The standard InChI is InChI=1S/C16H19N5O2/c17-9-14-1-3-15(4-2-14)22-7-5-20-6-8-23-16(10-20)11-21-13-18-12-19-21/h1-4,12-13,16H,5-8,10-11H2. The second-order valence-electron chi connectivity index (χ2n) is 5.40. The van der Waals surface area contributed by atoms with Crippen LogP contribution in [0.1, 0.15) is 5.56 Å². The second-order valence-corrected chi connectivity index (χ2v) is 5.40. The number of hydrogen-bond donors (Lipinski definition) is 0. The molecule has 1 unspecified atom stereocenters. The molecule has 2 heterocycles. The molecule has 7 nitrogen and oxygen atoms in total. The summed E-state index contributed by atoms with van der Waals surface area (Å²) in [6.45, 7) is 4.66. The third kappa shape index (κ3) is 4.52. The number of ether oxygens (including phenoxy) is 2. The van der Waals surface area contributed by atoms with Gasteiger partial charge in [0.15, 0.2) is 0 Å². The molecule has 1 aromatic heterocycles. The van der Waals surface area contributed by atoms with Crippen LogP contribution in [0.25, 0.3) is 0 Å². The van der Waals surface area contributed by atoms with Crippen molar-refractivity contribution in [2.75, 3.05) is 32.8 Å². The van der Waals surface area contributed by atoms with Gasteiger partial charge in [-0.05, 0) is 24.3 Å². The van der Waals surface area contributed by atoms with Gasteiger partial charge < -0.3 is 9.47 Å². The largest absolute Gasteiger partial charge is 0.492 e. The fraction of sp³-hybridized carbons (Fsp3) is 0.438. The highest BCUT2D eigenvalue weighted by Gasteiger charge is 2.20. The zero-order chi connectivity index (χ0) is 15.9. The maximum atomic E-state index is 8.77. The molecule has 3 rings (SSSR count). The fourth-order valence-electron chi connectivity index (χ4n) is 2.55. The van der Waals surface area contributed by atoms with E-state index >= 15 is 0 Å². The lowest BCUT2D eigenvalue weighted by Crippen LogP contribution is -2.45. The third-order valence-corrected chi connectivity index (χ3v) is 3.74. The van der Waals surface area contributed by atoms with Crippen LogP contribution in [-0.2, 0) is 11.3 Å². The summed E-state index contributed by atoms with van der Waals surface area (Å²) in [6, 6.07) is 9.27. The van der Waals surface area contributed by atoms with Crippen molar-refractivity contribution in [2.45, 2.75) is 12.6 Å². The molecule has 2 aromatic rings. The van der Waals surface area contributed by atoms with Crippen LogP contribution >= 0.6 is 0 Å². The first-order chi connectivity index (χ1) is 11.3. The molecule has 1 aliphatic rings. The molecular weight excluding hydrogens is 294 g/mol. The molecule has 0 amide bonds. The summed E-state index contributed by atoms with van der Waals surface area (Å²) >= 11 is 0. The second kappa shape index (κ2) is 7.72. The van der Waals surface area contributed by atoms with Crippen molar-refractivity contribution < 1.29 is 9.47 Å². The third-order valence-electron chi connectivity index (χ3n) is 3.74.